The SMILES string of the molecule is O=C1N=NC=C(c2cccnc2)C1c1cccnc1. The van der Waals surface area contributed by atoms with E-state index in [0.29, 0.717) is 0 Å². The third-order valence-corrected chi connectivity index (χ3v) is 2.92. The molecule has 0 bridgehead atoms. The van der Waals surface area contributed by atoms with Crippen molar-refractivity contribution in [2.24, 2.45) is 10.2 Å². The summed E-state index contributed by atoms with van der Waals surface area (Å²) in [6, 6.07) is 7.39. The van der Waals surface area contributed by atoms with Gasteiger partial charge in [0.25, 0.3) is 5.91 Å². The van der Waals surface area contributed by atoms with Gasteiger partial charge in [0.1, 0.15) is 0 Å². The van der Waals surface area contributed by atoms with Gasteiger partial charge in [0, 0.05) is 24.8 Å². The minimum absolute atomic E-state index is 0.283. The highest BCUT2D eigenvalue weighted by Gasteiger charge is 2.28. The largest absolute Gasteiger partial charge is 0.276 e. The Hall–Kier alpha value is -2.69. The zero-order valence-electron chi connectivity index (χ0n) is 9.97. The van der Waals surface area contributed by atoms with E-state index < -0.39 is 5.92 Å². The first kappa shape index (κ1) is 11.4. The van der Waals surface area contributed by atoms with Crippen molar-refractivity contribution in [2.75, 3.05) is 0 Å². The lowest BCUT2D eigenvalue weighted by atomic mass is 9.87. The number of aromatic nitrogens is 2. The highest BCUT2D eigenvalue weighted by molar-refractivity contribution is 5.98. The molecule has 0 N–H and O–H groups in total. The fourth-order valence-corrected chi connectivity index (χ4v) is 2.06. The lowest BCUT2D eigenvalue weighted by Gasteiger charge is -2.18. The number of azo groups is 1. The number of pyridine rings is 2. The normalized spacial score (nSPS) is 18.2. The maximum absolute atomic E-state index is 12.0. The van der Waals surface area contributed by atoms with Gasteiger partial charge in [-0.1, -0.05) is 12.1 Å². The molecule has 1 atom stereocenters. The van der Waals surface area contributed by atoms with E-state index in [4.69, 9.17) is 0 Å². The van der Waals surface area contributed by atoms with Gasteiger partial charge in [-0.15, -0.1) is 5.11 Å². The standard InChI is InChI=1S/C14H10N4O/c19-14-13(11-4-2-6-16-8-11)12(9-17-18-14)10-3-1-5-15-7-10/h1-9,13H. The molecule has 2 aromatic heterocycles. The second-order valence-corrected chi connectivity index (χ2v) is 4.10. The highest BCUT2D eigenvalue weighted by atomic mass is 16.2. The van der Waals surface area contributed by atoms with Gasteiger partial charge in [0.15, 0.2) is 0 Å². The molecule has 0 radical (unpaired) electrons. The van der Waals surface area contributed by atoms with Crippen molar-refractivity contribution in [1.29, 1.82) is 0 Å². The zero-order chi connectivity index (χ0) is 13.1. The Kier molecular flexibility index (Phi) is 2.94. The average Bonchev–Trinajstić information content (AvgIpc) is 2.49. The van der Waals surface area contributed by atoms with E-state index in [-0.39, 0.29) is 5.91 Å². The van der Waals surface area contributed by atoms with Gasteiger partial charge in [0.2, 0.25) is 0 Å². The molecule has 0 spiro atoms. The molecule has 5 heteroatoms. The Morgan fingerprint density at radius 3 is 2.47 bits per heavy atom. The summed E-state index contributed by atoms with van der Waals surface area (Å²) < 4.78 is 0. The first-order valence-electron chi connectivity index (χ1n) is 5.81. The van der Waals surface area contributed by atoms with Crippen LogP contribution in [0.4, 0.5) is 0 Å². The summed E-state index contributed by atoms with van der Waals surface area (Å²) in [6.07, 6.45) is 8.36. The molecular formula is C14H10N4O. The van der Waals surface area contributed by atoms with Crippen LogP contribution in [0.25, 0.3) is 5.57 Å². The highest BCUT2D eigenvalue weighted by Crippen LogP contribution is 2.34. The van der Waals surface area contributed by atoms with Crippen molar-refractivity contribution in [3.8, 4) is 0 Å². The minimum atomic E-state index is -0.463. The quantitative estimate of drug-likeness (QED) is 0.822. The van der Waals surface area contributed by atoms with Crippen molar-refractivity contribution in [2.45, 2.75) is 5.92 Å². The van der Waals surface area contributed by atoms with Crippen LogP contribution in [0.15, 0.2) is 65.5 Å². The van der Waals surface area contributed by atoms with Gasteiger partial charge >= 0.3 is 0 Å². The minimum Gasteiger partial charge on any atom is -0.270 e. The van der Waals surface area contributed by atoms with Crippen LogP contribution in [-0.4, -0.2) is 15.9 Å². The lowest BCUT2D eigenvalue weighted by Crippen LogP contribution is -2.14. The van der Waals surface area contributed by atoms with Crippen molar-refractivity contribution in [1.82, 2.24) is 9.97 Å². The summed E-state index contributed by atoms with van der Waals surface area (Å²) in [7, 11) is 0. The van der Waals surface area contributed by atoms with Crippen LogP contribution in [0.5, 0.6) is 0 Å². The van der Waals surface area contributed by atoms with E-state index in [2.05, 4.69) is 20.2 Å². The molecule has 0 aliphatic carbocycles. The predicted molar refractivity (Wildman–Crippen MR) is 69.1 cm³/mol. The number of carbonyl (C=O) groups excluding carboxylic acids is 1. The first-order valence-corrected chi connectivity index (χ1v) is 5.81. The number of hydrogen-bond donors (Lipinski definition) is 0. The van der Waals surface area contributed by atoms with Gasteiger partial charge < -0.3 is 0 Å². The molecule has 0 fully saturated rings. The molecule has 92 valence electrons. The molecule has 0 saturated heterocycles. The predicted octanol–water partition coefficient (Wildman–Crippen LogP) is 2.59. The number of rotatable bonds is 2. The lowest BCUT2D eigenvalue weighted by molar-refractivity contribution is -0.118. The maximum atomic E-state index is 12.0. The summed E-state index contributed by atoms with van der Waals surface area (Å²) in [5.41, 5.74) is 2.46. The van der Waals surface area contributed by atoms with Crippen LogP contribution in [-0.2, 0) is 4.79 Å². The second kappa shape index (κ2) is 4.89. The van der Waals surface area contributed by atoms with Gasteiger partial charge in [0.05, 0.1) is 12.1 Å². The topological polar surface area (TPSA) is 67.6 Å². The Morgan fingerprint density at radius 1 is 1.00 bits per heavy atom. The van der Waals surface area contributed by atoms with Crippen LogP contribution in [0.2, 0.25) is 0 Å². The van der Waals surface area contributed by atoms with Gasteiger partial charge in [-0.3, -0.25) is 14.8 Å². The van der Waals surface area contributed by atoms with E-state index in [9.17, 15) is 4.79 Å². The number of nitrogens with zero attached hydrogens (tertiary/aromatic N) is 4. The van der Waals surface area contributed by atoms with Crippen LogP contribution in [0, 0.1) is 0 Å². The molecule has 19 heavy (non-hydrogen) atoms. The zero-order valence-corrected chi connectivity index (χ0v) is 9.97. The summed E-state index contributed by atoms with van der Waals surface area (Å²) >= 11 is 0. The van der Waals surface area contributed by atoms with Crippen molar-refractivity contribution >= 4 is 11.5 Å². The molecule has 0 saturated carbocycles. The third-order valence-electron chi connectivity index (χ3n) is 2.92. The molecule has 3 rings (SSSR count). The third kappa shape index (κ3) is 2.18. The average molecular weight is 250 g/mol. The molecule has 1 unspecified atom stereocenters. The molecule has 1 aliphatic rings. The summed E-state index contributed by atoms with van der Waals surface area (Å²) in [5, 5.41) is 7.38. The van der Waals surface area contributed by atoms with Crippen LogP contribution in [0.1, 0.15) is 17.0 Å². The van der Waals surface area contributed by atoms with E-state index in [1.54, 1.807) is 37.1 Å². The Bertz CT molecular complexity index is 650. The molecule has 0 aromatic carbocycles. The molecule has 1 aliphatic heterocycles. The number of amides is 1. The smallest absolute Gasteiger partial charge is 0.270 e. The van der Waals surface area contributed by atoms with E-state index in [1.165, 1.54) is 0 Å². The van der Waals surface area contributed by atoms with Crippen LogP contribution in [0.3, 0.4) is 0 Å². The summed E-state index contributed by atoms with van der Waals surface area (Å²) in [6.45, 7) is 0. The molecule has 5 nitrogen and oxygen atoms in total. The van der Waals surface area contributed by atoms with Gasteiger partial charge in [-0.05, 0) is 28.8 Å². The fourth-order valence-electron chi connectivity index (χ4n) is 2.06. The van der Waals surface area contributed by atoms with Crippen LogP contribution < -0.4 is 0 Å². The summed E-state index contributed by atoms with van der Waals surface area (Å²) in [5.74, 6) is -0.746. The van der Waals surface area contributed by atoms with Crippen LogP contribution >= 0.6 is 0 Å². The van der Waals surface area contributed by atoms with Crippen molar-refractivity contribution < 1.29 is 4.79 Å². The summed E-state index contributed by atoms with van der Waals surface area (Å²) in [4.78, 5) is 20.2. The number of hydrogen-bond acceptors (Lipinski definition) is 4. The molecule has 1 amide bonds. The second-order valence-electron chi connectivity index (χ2n) is 4.10. The van der Waals surface area contributed by atoms with Crippen molar-refractivity contribution in [3.63, 3.8) is 0 Å². The van der Waals surface area contributed by atoms with E-state index in [1.807, 2.05) is 18.2 Å². The molecular weight excluding hydrogens is 240 g/mol. The fraction of sp³-hybridized carbons (Fsp3) is 0.0714. The first-order chi connectivity index (χ1) is 9.36. The Labute approximate surface area is 109 Å². The van der Waals surface area contributed by atoms with E-state index >= 15 is 0 Å². The Balaban J connectivity index is 2.09. The van der Waals surface area contributed by atoms with Gasteiger partial charge in [-0.25, -0.2) is 0 Å². The number of carbonyl (C=O) groups is 1. The van der Waals surface area contributed by atoms with Gasteiger partial charge in [-0.2, -0.15) is 5.11 Å². The monoisotopic (exact) mass is 250 g/mol. The molecule has 3 heterocycles. The maximum Gasteiger partial charge on any atom is 0.276 e. The Morgan fingerprint density at radius 2 is 1.79 bits per heavy atom. The molecule has 2 aromatic rings. The van der Waals surface area contributed by atoms with E-state index in [0.717, 1.165) is 16.7 Å². The van der Waals surface area contributed by atoms with Crippen molar-refractivity contribution in [3.05, 3.63) is 66.4 Å².